The monoisotopic (exact) mass is 335 g/mol. The molecule has 122 valence electrons. The first-order valence-corrected chi connectivity index (χ1v) is 7.99. The molecule has 3 heterocycles. The van der Waals surface area contributed by atoms with E-state index in [0.717, 1.165) is 15.7 Å². The van der Waals surface area contributed by atoms with Crippen LogP contribution in [0.5, 0.6) is 0 Å². The molecule has 10 heteroatoms. The van der Waals surface area contributed by atoms with E-state index in [1.807, 2.05) is 20.0 Å². The summed E-state index contributed by atoms with van der Waals surface area (Å²) in [4.78, 5) is 23.0. The van der Waals surface area contributed by atoms with Gasteiger partial charge in [0.1, 0.15) is 5.01 Å². The van der Waals surface area contributed by atoms with E-state index in [1.165, 1.54) is 16.2 Å². The van der Waals surface area contributed by atoms with Crippen molar-refractivity contribution >= 4 is 22.3 Å². The molecule has 0 saturated carbocycles. The molecule has 0 spiro atoms. The first-order valence-electron chi connectivity index (χ1n) is 7.17. The van der Waals surface area contributed by atoms with E-state index >= 15 is 0 Å². The van der Waals surface area contributed by atoms with Gasteiger partial charge in [0.15, 0.2) is 5.82 Å². The van der Waals surface area contributed by atoms with Crippen LogP contribution in [0.4, 0.5) is 4.79 Å². The minimum atomic E-state index is -0.228. The zero-order chi connectivity index (χ0) is 16.4. The smallest absolute Gasteiger partial charge is 0.317 e. The number of imidazole rings is 1. The van der Waals surface area contributed by atoms with Crippen molar-refractivity contribution in [3.63, 3.8) is 0 Å². The van der Waals surface area contributed by atoms with Crippen molar-refractivity contribution in [1.82, 2.24) is 35.0 Å². The summed E-state index contributed by atoms with van der Waals surface area (Å²) in [6, 6.07) is -0.228. The summed E-state index contributed by atoms with van der Waals surface area (Å²) in [5.74, 6) is 1.05. The standard InChI is InChI=1S/C13H17N7O2S/c1-4-11-16-10(18-22-11)7-19(3)12(21)14-5-9-6-20-13(15-9)23-8(2)17-20/h6H,4-5,7H2,1-3H3,(H,14,21). The first-order chi connectivity index (χ1) is 11.0. The highest BCUT2D eigenvalue weighted by Crippen LogP contribution is 2.13. The van der Waals surface area contributed by atoms with Crippen LogP contribution < -0.4 is 5.32 Å². The lowest BCUT2D eigenvalue weighted by atomic mass is 10.4. The third-order valence-electron chi connectivity index (χ3n) is 3.15. The van der Waals surface area contributed by atoms with Crippen molar-refractivity contribution in [3.05, 3.63) is 28.6 Å². The number of rotatable bonds is 5. The summed E-state index contributed by atoms with van der Waals surface area (Å²) >= 11 is 1.51. The van der Waals surface area contributed by atoms with E-state index < -0.39 is 0 Å². The van der Waals surface area contributed by atoms with Gasteiger partial charge in [0.05, 0.1) is 25.0 Å². The number of amides is 2. The zero-order valence-corrected chi connectivity index (χ0v) is 13.9. The van der Waals surface area contributed by atoms with Crippen molar-refractivity contribution in [1.29, 1.82) is 0 Å². The Labute approximate surface area is 136 Å². The van der Waals surface area contributed by atoms with E-state index in [9.17, 15) is 4.79 Å². The molecule has 0 unspecified atom stereocenters. The number of urea groups is 1. The van der Waals surface area contributed by atoms with Crippen molar-refractivity contribution in [2.45, 2.75) is 33.4 Å². The molecule has 0 aromatic carbocycles. The Balaban J connectivity index is 1.54. The Kier molecular flexibility index (Phi) is 4.24. The molecule has 3 aromatic rings. The molecule has 3 rings (SSSR count). The van der Waals surface area contributed by atoms with Gasteiger partial charge in [-0.2, -0.15) is 10.1 Å². The number of carbonyl (C=O) groups is 1. The fourth-order valence-electron chi connectivity index (χ4n) is 2.01. The second-order valence-corrected chi connectivity index (χ2v) is 6.21. The minimum absolute atomic E-state index is 0.228. The average molecular weight is 335 g/mol. The van der Waals surface area contributed by atoms with Crippen LogP contribution in [0.2, 0.25) is 0 Å². The van der Waals surface area contributed by atoms with Gasteiger partial charge in [-0.05, 0) is 6.92 Å². The van der Waals surface area contributed by atoms with Crippen LogP contribution in [0, 0.1) is 6.92 Å². The molecule has 0 saturated heterocycles. The molecule has 0 aliphatic carbocycles. The van der Waals surface area contributed by atoms with Crippen LogP contribution in [-0.2, 0) is 19.5 Å². The summed E-state index contributed by atoms with van der Waals surface area (Å²) in [6.45, 7) is 4.48. The lowest BCUT2D eigenvalue weighted by Crippen LogP contribution is -2.36. The van der Waals surface area contributed by atoms with Crippen LogP contribution in [0.25, 0.3) is 4.96 Å². The predicted molar refractivity (Wildman–Crippen MR) is 83.0 cm³/mol. The van der Waals surface area contributed by atoms with Crippen molar-refractivity contribution in [2.24, 2.45) is 0 Å². The third-order valence-corrected chi connectivity index (χ3v) is 3.99. The van der Waals surface area contributed by atoms with E-state index in [-0.39, 0.29) is 12.6 Å². The van der Waals surface area contributed by atoms with Crippen LogP contribution in [0.15, 0.2) is 10.7 Å². The summed E-state index contributed by atoms with van der Waals surface area (Å²) in [7, 11) is 1.67. The van der Waals surface area contributed by atoms with E-state index in [4.69, 9.17) is 4.52 Å². The molecule has 0 aliphatic heterocycles. The number of carbonyl (C=O) groups excluding carboxylic acids is 1. The van der Waals surface area contributed by atoms with Crippen LogP contribution in [-0.4, -0.2) is 42.7 Å². The summed E-state index contributed by atoms with van der Waals surface area (Å²) in [5.41, 5.74) is 0.762. The van der Waals surface area contributed by atoms with E-state index in [0.29, 0.717) is 24.7 Å². The zero-order valence-electron chi connectivity index (χ0n) is 13.1. The van der Waals surface area contributed by atoms with Crippen molar-refractivity contribution in [2.75, 3.05) is 7.05 Å². The average Bonchev–Trinajstić information content (AvgIpc) is 3.19. The number of aryl methyl sites for hydroxylation is 2. The third kappa shape index (κ3) is 3.47. The maximum Gasteiger partial charge on any atom is 0.317 e. The molecular formula is C13H17N7O2S. The van der Waals surface area contributed by atoms with Gasteiger partial charge in [-0.25, -0.2) is 14.3 Å². The molecule has 1 N–H and O–H groups in total. The Bertz CT molecular complexity index is 790. The number of nitrogens with one attached hydrogen (secondary N) is 1. The molecule has 2 amide bonds. The first kappa shape index (κ1) is 15.4. The summed E-state index contributed by atoms with van der Waals surface area (Å²) in [5, 5.41) is 11.9. The minimum Gasteiger partial charge on any atom is -0.339 e. The second kappa shape index (κ2) is 6.32. The van der Waals surface area contributed by atoms with Gasteiger partial charge in [-0.1, -0.05) is 23.4 Å². The normalized spacial score (nSPS) is 11.1. The molecule has 9 nitrogen and oxygen atoms in total. The topological polar surface area (TPSA) is 101 Å². The highest BCUT2D eigenvalue weighted by atomic mass is 32.1. The number of aromatic nitrogens is 5. The maximum atomic E-state index is 12.1. The van der Waals surface area contributed by atoms with Gasteiger partial charge in [-0.3, -0.25) is 0 Å². The predicted octanol–water partition coefficient (Wildman–Crippen LogP) is 1.39. The van der Waals surface area contributed by atoms with Gasteiger partial charge in [0, 0.05) is 13.5 Å². The summed E-state index contributed by atoms with van der Waals surface area (Å²) < 4.78 is 6.74. The molecule has 0 bridgehead atoms. The fourth-order valence-corrected chi connectivity index (χ4v) is 2.76. The second-order valence-electron chi connectivity index (χ2n) is 5.05. The van der Waals surface area contributed by atoms with Gasteiger partial charge in [0.25, 0.3) is 0 Å². The van der Waals surface area contributed by atoms with Crippen LogP contribution in [0.3, 0.4) is 0 Å². The number of nitrogens with zero attached hydrogens (tertiary/aromatic N) is 6. The molecule has 3 aromatic heterocycles. The molecule has 23 heavy (non-hydrogen) atoms. The lowest BCUT2D eigenvalue weighted by molar-refractivity contribution is 0.204. The maximum absolute atomic E-state index is 12.1. The Hall–Kier alpha value is -2.49. The highest BCUT2D eigenvalue weighted by Gasteiger charge is 2.14. The number of hydrogen-bond acceptors (Lipinski definition) is 7. The Morgan fingerprint density at radius 2 is 2.30 bits per heavy atom. The molecule has 0 atom stereocenters. The molecule has 0 aliphatic rings. The highest BCUT2D eigenvalue weighted by molar-refractivity contribution is 7.16. The Morgan fingerprint density at radius 1 is 1.48 bits per heavy atom. The number of fused-ring (bicyclic) bond motifs is 1. The van der Waals surface area contributed by atoms with Gasteiger partial charge in [0.2, 0.25) is 10.9 Å². The Morgan fingerprint density at radius 3 is 3.00 bits per heavy atom. The lowest BCUT2D eigenvalue weighted by Gasteiger charge is -2.15. The van der Waals surface area contributed by atoms with Gasteiger partial charge in [-0.15, -0.1) is 0 Å². The van der Waals surface area contributed by atoms with Crippen LogP contribution >= 0.6 is 11.3 Å². The summed E-state index contributed by atoms with van der Waals surface area (Å²) in [6.07, 6.45) is 2.49. The SMILES string of the molecule is CCc1nc(CN(C)C(=O)NCc2cn3nc(C)sc3n2)no1. The molecular weight excluding hydrogens is 318 g/mol. The largest absolute Gasteiger partial charge is 0.339 e. The number of hydrogen-bond donors (Lipinski definition) is 1. The van der Waals surface area contributed by atoms with Gasteiger partial charge < -0.3 is 14.7 Å². The quantitative estimate of drug-likeness (QED) is 0.756. The van der Waals surface area contributed by atoms with Crippen molar-refractivity contribution in [3.8, 4) is 0 Å². The van der Waals surface area contributed by atoms with Gasteiger partial charge >= 0.3 is 6.03 Å². The molecule has 0 radical (unpaired) electrons. The van der Waals surface area contributed by atoms with E-state index in [1.54, 1.807) is 11.6 Å². The molecule has 0 fully saturated rings. The van der Waals surface area contributed by atoms with E-state index in [2.05, 4.69) is 25.5 Å². The van der Waals surface area contributed by atoms with Crippen LogP contribution in [0.1, 0.15) is 29.3 Å². The van der Waals surface area contributed by atoms with Crippen molar-refractivity contribution < 1.29 is 9.32 Å². The fraction of sp³-hybridized carbons (Fsp3) is 0.462.